The maximum atomic E-state index is 12.5. The summed E-state index contributed by atoms with van der Waals surface area (Å²) in [6, 6.07) is 0. The molecule has 21 heavy (non-hydrogen) atoms. The highest BCUT2D eigenvalue weighted by Gasteiger charge is 2.24. The van der Waals surface area contributed by atoms with E-state index in [0.29, 0.717) is 5.92 Å². The predicted octanol–water partition coefficient (Wildman–Crippen LogP) is 2.29. The summed E-state index contributed by atoms with van der Waals surface area (Å²) in [6.07, 6.45) is 5.94. The van der Waals surface area contributed by atoms with Crippen molar-refractivity contribution in [2.24, 2.45) is 5.92 Å². The number of aryl methyl sites for hydroxylation is 3. The summed E-state index contributed by atoms with van der Waals surface area (Å²) in [4.78, 5) is 23.9. The number of amides is 1. The first-order chi connectivity index (χ1) is 10.0. The summed E-state index contributed by atoms with van der Waals surface area (Å²) in [7, 11) is 1.89. The fourth-order valence-electron chi connectivity index (χ4n) is 2.94. The van der Waals surface area contributed by atoms with Crippen LogP contribution in [0, 0.1) is 19.8 Å². The molecule has 3 heterocycles. The average Bonchev–Trinajstić information content (AvgIpc) is 3.03. The lowest BCUT2D eigenvalue weighted by Gasteiger charge is -2.27. The molecule has 0 radical (unpaired) electrons. The van der Waals surface area contributed by atoms with Crippen molar-refractivity contribution in [3.8, 4) is 0 Å². The molecular weight excluding hydrogens is 284 g/mol. The Morgan fingerprint density at radius 2 is 2.33 bits per heavy atom. The Balaban J connectivity index is 1.65. The Morgan fingerprint density at radius 1 is 1.52 bits per heavy atom. The summed E-state index contributed by atoms with van der Waals surface area (Å²) in [5.74, 6) is 1.71. The molecule has 0 saturated carbocycles. The fraction of sp³-hybridized carbons (Fsp3) is 0.533. The van der Waals surface area contributed by atoms with E-state index < -0.39 is 0 Å². The van der Waals surface area contributed by atoms with Crippen molar-refractivity contribution in [2.75, 3.05) is 13.6 Å². The first-order valence-corrected chi connectivity index (χ1v) is 8.05. The first-order valence-electron chi connectivity index (χ1n) is 7.24. The number of carbonyl (C=O) groups excluding carboxylic acids is 1. The zero-order valence-electron chi connectivity index (χ0n) is 12.7. The van der Waals surface area contributed by atoms with Crippen LogP contribution in [0.5, 0.6) is 0 Å². The largest absolute Gasteiger partial charge is 0.341 e. The molecule has 0 aliphatic carbocycles. The Labute approximate surface area is 128 Å². The van der Waals surface area contributed by atoms with Gasteiger partial charge in [0, 0.05) is 39.0 Å². The second-order valence-electron chi connectivity index (χ2n) is 5.73. The monoisotopic (exact) mass is 304 g/mol. The van der Waals surface area contributed by atoms with Gasteiger partial charge in [-0.15, -0.1) is 11.3 Å². The van der Waals surface area contributed by atoms with Crippen molar-refractivity contribution < 1.29 is 4.79 Å². The van der Waals surface area contributed by atoms with Crippen LogP contribution in [0.25, 0.3) is 0 Å². The standard InChI is InChI=1S/C15H20N4OS/c1-10-14(21-11(2)17-10)15(20)18(3)9-12-4-6-19-7-5-16-13(19)8-12/h5,7,12H,4,6,8-9H2,1-3H3. The second-order valence-corrected chi connectivity index (χ2v) is 6.93. The molecule has 1 aliphatic heterocycles. The number of carbonyl (C=O) groups is 1. The third-order valence-electron chi connectivity index (χ3n) is 4.03. The average molecular weight is 304 g/mol. The lowest BCUT2D eigenvalue weighted by atomic mass is 9.97. The molecule has 0 aromatic carbocycles. The number of nitrogens with zero attached hydrogens (tertiary/aromatic N) is 4. The molecule has 2 aromatic rings. The van der Waals surface area contributed by atoms with Gasteiger partial charge in [-0.1, -0.05) is 0 Å². The molecule has 112 valence electrons. The van der Waals surface area contributed by atoms with Crippen LogP contribution in [0.4, 0.5) is 0 Å². The molecule has 1 unspecified atom stereocenters. The van der Waals surface area contributed by atoms with Crippen LogP contribution in [0.1, 0.15) is 32.6 Å². The van der Waals surface area contributed by atoms with Crippen LogP contribution in [-0.4, -0.2) is 38.9 Å². The lowest BCUT2D eigenvalue weighted by molar-refractivity contribution is 0.0768. The smallest absolute Gasteiger partial charge is 0.265 e. The van der Waals surface area contributed by atoms with Crippen molar-refractivity contribution >= 4 is 17.2 Å². The van der Waals surface area contributed by atoms with Gasteiger partial charge in [0.25, 0.3) is 5.91 Å². The Kier molecular flexibility index (Phi) is 3.80. The number of aromatic nitrogens is 3. The molecule has 0 bridgehead atoms. The Bertz CT molecular complexity index is 660. The van der Waals surface area contributed by atoms with Gasteiger partial charge in [-0.3, -0.25) is 4.79 Å². The third kappa shape index (κ3) is 2.85. The Morgan fingerprint density at radius 3 is 3.05 bits per heavy atom. The predicted molar refractivity (Wildman–Crippen MR) is 82.6 cm³/mol. The molecule has 3 rings (SSSR count). The van der Waals surface area contributed by atoms with E-state index in [9.17, 15) is 4.79 Å². The van der Waals surface area contributed by atoms with Crippen molar-refractivity contribution in [3.05, 3.63) is 33.8 Å². The Hall–Kier alpha value is -1.69. The molecule has 1 aliphatic rings. The molecule has 1 atom stereocenters. The van der Waals surface area contributed by atoms with E-state index in [1.54, 1.807) is 0 Å². The highest BCUT2D eigenvalue weighted by Crippen LogP contribution is 2.22. The summed E-state index contributed by atoms with van der Waals surface area (Å²) in [6.45, 7) is 5.63. The van der Waals surface area contributed by atoms with Gasteiger partial charge in [-0.05, 0) is 26.2 Å². The SMILES string of the molecule is Cc1nc(C)c(C(=O)N(C)CC2CCn3ccnc3C2)s1. The van der Waals surface area contributed by atoms with Gasteiger partial charge in [0.1, 0.15) is 10.7 Å². The maximum Gasteiger partial charge on any atom is 0.265 e. The van der Waals surface area contributed by atoms with Crippen LogP contribution in [0.3, 0.4) is 0 Å². The minimum absolute atomic E-state index is 0.0898. The third-order valence-corrected chi connectivity index (χ3v) is 5.09. The molecular formula is C15H20N4OS. The van der Waals surface area contributed by atoms with Crippen LogP contribution >= 0.6 is 11.3 Å². The first kappa shape index (κ1) is 14.3. The highest BCUT2D eigenvalue weighted by atomic mass is 32.1. The van der Waals surface area contributed by atoms with Crippen molar-refractivity contribution in [1.29, 1.82) is 0 Å². The highest BCUT2D eigenvalue weighted by molar-refractivity contribution is 7.13. The minimum atomic E-state index is 0.0898. The van der Waals surface area contributed by atoms with Gasteiger partial charge in [0.2, 0.25) is 0 Å². The van der Waals surface area contributed by atoms with E-state index >= 15 is 0 Å². The summed E-state index contributed by atoms with van der Waals surface area (Å²) >= 11 is 1.48. The number of hydrogen-bond donors (Lipinski definition) is 0. The molecule has 1 amide bonds. The van der Waals surface area contributed by atoms with Crippen LogP contribution in [-0.2, 0) is 13.0 Å². The van der Waals surface area contributed by atoms with Gasteiger partial charge >= 0.3 is 0 Å². The van der Waals surface area contributed by atoms with Crippen molar-refractivity contribution in [3.63, 3.8) is 0 Å². The van der Waals surface area contributed by atoms with Gasteiger partial charge in [-0.2, -0.15) is 0 Å². The summed E-state index contributed by atoms with van der Waals surface area (Å²) < 4.78 is 2.20. The maximum absolute atomic E-state index is 12.5. The molecule has 0 saturated heterocycles. The minimum Gasteiger partial charge on any atom is -0.341 e. The number of thiazole rings is 1. The van der Waals surface area contributed by atoms with E-state index in [4.69, 9.17) is 0 Å². The van der Waals surface area contributed by atoms with Crippen LogP contribution in [0.2, 0.25) is 0 Å². The quantitative estimate of drug-likeness (QED) is 0.874. The van der Waals surface area contributed by atoms with Gasteiger partial charge < -0.3 is 9.47 Å². The van der Waals surface area contributed by atoms with Gasteiger partial charge in [0.15, 0.2) is 0 Å². The van der Waals surface area contributed by atoms with E-state index in [1.165, 1.54) is 11.3 Å². The summed E-state index contributed by atoms with van der Waals surface area (Å²) in [5, 5.41) is 0.948. The number of imidazole rings is 1. The summed E-state index contributed by atoms with van der Waals surface area (Å²) in [5.41, 5.74) is 0.841. The lowest BCUT2D eigenvalue weighted by Crippen LogP contribution is -2.34. The topological polar surface area (TPSA) is 51.0 Å². The molecule has 5 nitrogen and oxygen atoms in total. The van der Waals surface area contributed by atoms with Crippen molar-refractivity contribution in [1.82, 2.24) is 19.4 Å². The molecule has 0 fully saturated rings. The normalized spacial score (nSPS) is 17.6. The number of rotatable bonds is 3. The molecule has 6 heteroatoms. The number of fused-ring (bicyclic) bond motifs is 1. The zero-order chi connectivity index (χ0) is 15.0. The van der Waals surface area contributed by atoms with E-state index in [0.717, 1.165) is 47.3 Å². The molecule has 0 N–H and O–H groups in total. The van der Waals surface area contributed by atoms with E-state index in [1.807, 2.05) is 38.2 Å². The van der Waals surface area contributed by atoms with Gasteiger partial charge in [-0.25, -0.2) is 9.97 Å². The van der Waals surface area contributed by atoms with E-state index in [-0.39, 0.29) is 5.91 Å². The fourth-order valence-corrected chi connectivity index (χ4v) is 3.86. The number of hydrogen-bond acceptors (Lipinski definition) is 4. The van der Waals surface area contributed by atoms with Crippen LogP contribution < -0.4 is 0 Å². The van der Waals surface area contributed by atoms with Gasteiger partial charge in [0.05, 0.1) is 10.7 Å². The second kappa shape index (κ2) is 5.60. The van der Waals surface area contributed by atoms with Crippen LogP contribution in [0.15, 0.2) is 12.4 Å². The molecule has 0 spiro atoms. The van der Waals surface area contributed by atoms with E-state index in [2.05, 4.69) is 14.5 Å². The zero-order valence-corrected chi connectivity index (χ0v) is 13.5. The molecule has 2 aromatic heterocycles. The van der Waals surface area contributed by atoms with Crippen molar-refractivity contribution in [2.45, 2.75) is 33.2 Å².